The summed E-state index contributed by atoms with van der Waals surface area (Å²) in [5.41, 5.74) is 4.34. The number of benzene rings is 2. The van der Waals surface area contributed by atoms with E-state index in [1.807, 2.05) is 23.6 Å². The van der Waals surface area contributed by atoms with Crippen molar-refractivity contribution >= 4 is 33.2 Å². The summed E-state index contributed by atoms with van der Waals surface area (Å²) >= 11 is 1.35. The molecule has 1 aliphatic rings. The number of carbonyl (C=O) groups excluding carboxylic acids is 2. The van der Waals surface area contributed by atoms with Gasteiger partial charge in [0.2, 0.25) is 5.91 Å². The average molecular weight is 616 g/mol. The maximum Gasteiger partial charge on any atom is 0.251 e. The number of carbonyl (C=O) groups is 2. The number of hydrogen-bond donors (Lipinski definition) is 4. The molecule has 2 amide bonds. The monoisotopic (exact) mass is 615 g/mol. The summed E-state index contributed by atoms with van der Waals surface area (Å²) in [7, 11) is 0. The summed E-state index contributed by atoms with van der Waals surface area (Å²) in [5, 5.41) is 25.0. The molecular formula is C32H27F2N5O4S. The molecule has 1 aliphatic heterocycles. The predicted molar refractivity (Wildman–Crippen MR) is 163 cm³/mol. The molecule has 4 N–H and O–H groups in total. The Morgan fingerprint density at radius 2 is 2.05 bits per heavy atom. The van der Waals surface area contributed by atoms with Crippen LogP contribution in [0.2, 0.25) is 0 Å². The van der Waals surface area contributed by atoms with Gasteiger partial charge in [0.05, 0.1) is 29.6 Å². The number of nitrogens with one attached hydrogen (secondary N) is 3. The number of thiophene rings is 1. The van der Waals surface area contributed by atoms with Crippen molar-refractivity contribution in [3.05, 3.63) is 89.0 Å². The van der Waals surface area contributed by atoms with Crippen molar-refractivity contribution in [3.8, 4) is 39.5 Å². The number of halogens is 2. The molecule has 224 valence electrons. The lowest BCUT2D eigenvalue weighted by molar-refractivity contribution is -0.117. The highest BCUT2D eigenvalue weighted by molar-refractivity contribution is 7.18. The van der Waals surface area contributed by atoms with E-state index in [9.17, 15) is 19.1 Å². The molecule has 5 aromatic rings. The lowest BCUT2D eigenvalue weighted by Gasteiger charge is -2.19. The van der Waals surface area contributed by atoms with Crippen LogP contribution in [0.25, 0.3) is 43.9 Å². The molecule has 0 unspecified atom stereocenters. The van der Waals surface area contributed by atoms with Crippen LogP contribution in [0.1, 0.15) is 34.6 Å². The molecule has 1 atom stereocenters. The molecule has 0 spiro atoms. The summed E-state index contributed by atoms with van der Waals surface area (Å²) < 4.78 is 36.5. The van der Waals surface area contributed by atoms with Gasteiger partial charge in [-0.2, -0.15) is 5.10 Å². The number of H-pyrrole nitrogens is 1. The first-order valence-corrected chi connectivity index (χ1v) is 14.7. The molecule has 0 aliphatic carbocycles. The lowest BCUT2D eigenvalue weighted by atomic mass is 9.93. The van der Waals surface area contributed by atoms with Gasteiger partial charge in [0.1, 0.15) is 35.4 Å². The second-order valence-electron chi connectivity index (χ2n) is 10.2. The van der Waals surface area contributed by atoms with Gasteiger partial charge in [-0.1, -0.05) is 12.6 Å². The van der Waals surface area contributed by atoms with Crippen LogP contribution in [0.5, 0.6) is 5.75 Å². The van der Waals surface area contributed by atoms with E-state index in [1.54, 1.807) is 19.1 Å². The minimum Gasteiger partial charge on any atom is -0.490 e. The number of aliphatic hydroxyl groups is 1. The number of aliphatic hydroxyl groups excluding tert-OH is 1. The van der Waals surface area contributed by atoms with Gasteiger partial charge in [-0.15, -0.1) is 11.3 Å². The Hall–Kier alpha value is -4.94. The summed E-state index contributed by atoms with van der Waals surface area (Å²) in [4.78, 5) is 29.4. The standard InChI is InChI=1S/C32H27F2N5O4S/c1-3-26(41)36-16(2)23-15-24(39-38-23)30-28(27-22(34)13-19(33)14-25(27)43-10-9-40)31-21(7-11-44-31)29(37-30)18-4-5-20-17(12-18)6-8-35-32(20)42/h3-5,7,11-16,40H,1,6,8-10H2,2H3,(H,35,42)(H,36,41)(H,38,39)/t16-/m1/s1. The van der Waals surface area contributed by atoms with Gasteiger partial charge in [-0.3, -0.25) is 14.7 Å². The summed E-state index contributed by atoms with van der Waals surface area (Å²) in [6.45, 7) is 5.24. The molecule has 3 aromatic heterocycles. The predicted octanol–water partition coefficient (Wildman–Crippen LogP) is 5.32. The van der Waals surface area contributed by atoms with Crippen LogP contribution in [0.4, 0.5) is 8.78 Å². The van der Waals surface area contributed by atoms with Crippen LogP contribution in [-0.4, -0.2) is 51.9 Å². The topological polar surface area (TPSA) is 129 Å². The van der Waals surface area contributed by atoms with Crippen LogP contribution in [0, 0.1) is 11.6 Å². The second-order valence-corrected chi connectivity index (χ2v) is 11.1. The van der Waals surface area contributed by atoms with Gasteiger partial charge in [-0.25, -0.2) is 13.8 Å². The number of nitrogens with zero attached hydrogens (tertiary/aromatic N) is 2. The Balaban J connectivity index is 1.61. The number of fused-ring (bicyclic) bond motifs is 2. The number of ether oxygens (including phenoxy) is 1. The van der Waals surface area contributed by atoms with Crippen molar-refractivity contribution in [3.63, 3.8) is 0 Å². The van der Waals surface area contributed by atoms with Crippen molar-refractivity contribution in [2.24, 2.45) is 0 Å². The summed E-state index contributed by atoms with van der Waals surface area (Å²) in [6.07, 6.45) is 1.83. The zero-order valence-corrected chi connectivity index (χ0v) is 24.4. The van der Waals surface area contributed by atoms with Crippen LogP contribution in [0.3, 0.4) is 0 Å². The first-order chi connectivity index (χ1) is 21.3. The Labute approximate surface area is 254 Å². The van der Waals surface area contributed by atoms with Crippen LogP contribution >= 0.6 is 11.3 Å². The molecular weight excluding hydrogens is 588 g/mol. The smallest absolute Gasteiger partial charge is 0.251 e. The third-order valence-corrected chi connectivity index (χ3v) is 8.31. The molecule has 4 heterocycles. The molecule has 44 heavy (non-hydrogen) atoms. The van der Waals surface area contributed by atoms with Crippen molar-refractivity contribution in [2.45, 2.75) is 19.4 Å². The maximum atomic E-state index is 15.8. The Morgan fingerprint density at radius 1 is 1.20 bits per heavy atom. The van der Waals surface area contributed by atoms with E-state index in [0.29, 0.717) is 51.3 Å². The van der Waals surface area contributed by atoms with E-state index in [4.69, 9.17) is 9.72 Å². The highest BCUT2D eigenvalue weighted by atomic mass is 32.1. The van der Waals surface area contributed by atoms with Gasteiger partial charge in [0.25, 0.3) is 5.91 Å². The fourth-order valence-electron chi connectivity index (χ4n) is 5.33. The van der Waals surface area contributed by atoms with E-state index >= 15 is 4.39 Å². The van der Waals surface area contributed by atoms with Crippen LogP contribution in [0.15, 0.2) is 60.5 Å². The van der Waals surface area contributed by atoms with E-state index in [-0.39, 0.29) is 42.0 Å². The van der Waals surface area contributed by atoms with Crippen molar-refractivity contribution < 1.29 is 28.2 Å². The number of rotatable bonds is 9. The number of hydrogen-bond acceptors (Lipinski definition) is 7. The van der Waals surface area contributed by atoms with Gasteiger partial charge >= 0.3 is 0 Å². The maximum absolute atomic E-state index is 15.8. The number of aromatic nitrogens is 3. The third-order valence-electron chi connectivity index (χ3n) is 7.38. The number of pyridine rings is 1. The molecule has 9 nitrogen and oxygen atoms in total. The molecule has 2 aromatic carbocycles. The first-order valence-electron chi connectivity index (χ1n) is 13.8. The third kappa shape index (κ3) is 5.33. The highest BCUT2D eigenvalue weighted by Gasteiger charge is 2.27. The van der Waals surface area contributed by atoms with E-state index in [2.05, 4.69) is 27.4 Å². The molecule has 6 rings (SSSR count). The Kier molecular flexibility index (Phi) is 7.93. The van der Waals surface area contributed by atoms with E-state index in [1.165, 1.54) is 11.3 Å². The van der Waals surface area contributed by atoms with Crippen LogP contribution in [-0.2, 0) is 11.2 Å². The zero-order valence-electron chi connectivity index (χ0n) is 23.5. The molecule has 0 bridgehead atoms. The number of amides is 2. The van der Waals surface area contributed by atoms with Crippen molar-refractivity contribution in [2.75, 3.05) is 19.8 Å². The van der Waals surface area contributed by atoms with Gasteiger partial charge in [-0.05, 0) is 54.6 Å². The normalized spacial score (nSPS) is 13.3. The van der Waals surface area contributed by atoms with Crippen LogP contribution < -0.4 is 15.4 Å². The quantitative estimate of drug-likeness (QED) is 0.166. The van der Waals surface area contributed by atoms with E-state index in [0.717, 1.165) is 29.3 Å². The fourth-order valence-corrected chi connectivity index (χ4v) is 6.28. The second kappa shape index (κ2) is 12.0. The average Bonchev–Trinajstić information content (AvgIpc) is 3.70. The summed E-state index contributed by atoms with van der Waals surface area (Å²) in [5.74, 6) is -2.30. The summed E-state index contributed by atoms with van der Waals surface area (Å²) in [6, 6.07) is 10.5. The van der Waals surface area contributed by atoms with Gasteiger partial charge < -0.3 is 20.5 Å². The SMILES string of the molecule is C=CC(=O)N[C@H](C)c1cc(-c2nc(-c3ccc4c(c3)CCNC4=O)c3ccsc3c2-c2c(F)cc(F)cc2OCCO)n[nH]1. The molecule has 0 fully saturated rings. The van der Waals surface area contributed by atoms with Crippen molar-refractivity contribution in [1.29, 1.82) is 0 Å². The lowest BCUT2D eigenvalue weighted by Crippen LogP contribution is -2.31. The minimum atomic E-state index is -0.870. The fraction of sp³-hybridized carbons (Fsp3) is 0.188. The molecule has 0 saturated heterocycles. The minimum absolute atomic E-state index is 0.0268. The van der Waals surface area contributed by atoms with Gasteiger partial charge in [0, 0.05) is 45.5 Å². The van der Waals surface area contributed by atoms with Crippen molar-refractivity contribution in [1.82, 2.24) is 25.8 Å². The number of aromatic amines is 1. The Morgan fingerprint density at radius 3 is 2.84 bits per heavy atom. The zero-order chi connectivity index (χ0) is 31.0. The molecule has 0 saturated carbocycles. The first kappa shape index (κ1) is 29.1. The van der Waals surface area contributed by atoms with E-state index < -0.39 is 17.7 Å². The molecule has 0 radical (unpaired) electrons. The Bertz CT molecular complexity index is 1940. The highest BCUT2D eigenvalue weighted by Crippen LogP contribution is 2.47. The molecule has 12 heteroatoms. The van der Waals surface area contributed by atoms with Gasteiger partial charge in [0.15, 0.2) is 0 Å². The largest absolute Gasteiger partial charge is 0.490 e.